The Bertz CT molecular complexity index is 463. The van der Waals surface area contributed by atoms with Crippen molar-refractivity contribution in [3.8, 4) is 0 Å². The van der Waals surface area contributed by atoms with Gasteiger partial charge in [0.1, 0.15) is 25.8 Å². The first-order valence-electron chi connectivity index (χ1n) is 13.3. The van der Waals surface area contributed by atoms with Crippen molar-refractivity contribution >= 4 is 5.97 Å². The fraction of sp³-hybridized carbons (Fsp3) is 0.889. The fourth-order valence-corrected chi connectivity index (χ4v) is 4.11. The van der Waals surface area contributed by atoms with Crippen LogP contribution in [0.5, 0.6) is 0 Å². The van der Waals surface area contributed by atoms with Crippen LogP contribution in [-0.4, -0.2) is 67.7 Å². The molecule has 0 saturated carbocycles. The van der Waals surface area contributed by atoms with Crippen LogP contribution in [0.2, 0.25) is 0 Å². The number of hydrogen-bond donors (Lipinski definition) is 1. The Hall–Kier alpha value is -0.910. The fourth-order valence-electron chi connectivity index (χ4n) is 4.11. The van der Waals surface area contributed by atoms with Crippen molar-refractivity contribution in [1.29, 1.82) is 0 Å². The van der Waals surface area contributed by atoms with Gasteiger partial charge in [-0.2, -0.15) is 0 Å². The number of rotatable bonds is 23. The summed E-state index contributed by atoms with van der Waals surface area (Å²) < 4.78 is 11.7. The van der Waals surface area contributed by atoms with E-state index in [0.717, 1.165) is 26.1 Å². The topological polar surface area (TPSA) is 55.8 Å². The lowest BCUT2D eigenvalue weighted by Crippen LogP contribution is -2.54. The molecule has 0 heterocycles. The van der Waals surface area contributed by atoms with Crippen molar-refractivity contribution in [2.24, 2.45) is 0 Å². The highest BCUT2D eigenvalue weighted by atomic mass is 16.5. The minimum atomic E-state index is -0.496. The summed E-state index contributed by atoms with van der Waals surface area (Å²) in [6, 6.07) is 0. The third kappa shape index (κ3) is 16.7. The van der Waals surface area contributed by atoms with E-state index in [1.54, 1.807) is 6.92 Å². The molecule has 0 aliphatic rings. The van der Waals surface area contributed by atoms with Gasteiger partial charge >= 0.3 is 5.97 Å². The first-order valence-corrected chi connectivity index (χ1v) is 13.3. The molecule has 0 fully saturated rings. The van der Waals surface area contributed by atoms with E-state index < -0.39 is 6.10 Å². The first kappa shape index (κ1) is 31.1. The average molecular weight is 457 g/mol. The molecule has 0 radical (unpaired) electrons. The van der Waals surface area contributed by atoms with E-state index in [9.17, 15) is 9.90 Å². The smallest absolute Gasteiger partial charge is 0.333 e. The Morgan fingerprint density at radius 2 is 1.34 bits per heavy atom. The Labute approximate surface area is 199 Å². The molecule has 0 aromatic heterocycles. The Kier molecular flexibility index (Phi) is 20.1. The van der Waals surface area contributed by atoms with E-state index in [0.29, 0.717) is 36.4 Å². The molecule has 0 spiro atoms. The van der Waals surface area contributed by atoms with Gasteiger partial charge < -0.3 is 19.1 Å². The molecule has 0 saturated heterocycles. The maximum atomic E-state index is 11.6. The third-order valence-corrected chi connectivity index (χ3v) is 6.54. The second-order valence-corrected chi connectivity index (χ2v) is 9.41. The molecule has 5 heteroatoms. The average Bonchev–Trinajstić information content (AvgIpc) is 2.78. The van der Waals surface area contributed by atoms with Crippen molar-refractivity contribution < 1.29 is 23.9 Å². The highest BCUT2D eigenvalue weighted by molar-refractivity contribution is 5.86. The summed E-state index contributed by atoms with van der Waals surface area (Å²) in [7, 11) is 0. The maximum Gasteiger partial charge on any atom is 0.333 e. The van der Waals surface area contributed by atoms with Gasteiger partial charge in [0, 0.05) is 12.2 Å². The van der Waals surface area contributed by atoms with E-state index in [-0.39, 0.29) is 5.97 Å². The quantitative estimate of drug-likeness (QED) is 0.0881. The zero-order valence-electron chi connectivity index (χ0n) is 21.8. The minimum absolute atomic E-state index is 0.346. The Morgan fingerprint density at radius 3 is 1.81 bits per heavy atom. The first-order chi connectivity index (χ1) is 15.4. The van der Waals surface area contributed by atoms with Crippen molar-refractivity contribution in [3.05, 3.63) is 12.2 Å². The SMILES string of the molecule is C=C(C)C(=O)OCC[N+](CC)(CC)CC(O)COCCCCCCCCCCCCCC. The molecule has 1 unspecified atom stereocenters. The number of carbonyl (C=O) groups is 1. The summed E-state index contributed by atoms with van der Waals surface area (Å²) in [4.78, 5) is 11.6. The second-order valence-electron chi connectivity index (χ2n) is 9.41. The molecule has 190 valence electrons. The van der Waals surface area contributed by atoms with Crippen LogP contribution in [0.3, 0.4) is 0 Å². The summed E-state index contributed by atoms with van der Waals surface area (Å²) >= 11 is 0. The largest absolute Gasteiger partial charge is 0.456 e. The molecule has 5 nitrogen and oxygen atoms in total. The number of aliphatic hydroxyl groups is 1. The molecule has 1 N–H and O–H groups in total. The van der Waals surface area contributed by atoms with Crippen molar-refractivity contribution in [2.75, 3.05) is 46.0 Å². The van der Waals surface area contributed by atoms with Crippen LogP contribution in [0.4, 0.5) is 0 Å². The number of aliphatic hydroxyl groups excluding tert-OH is 1. The summed E-state index contributed by atoms with van der Waals surface area (Å²) in [5.74, 6) is -0.346. The molecular weight excluding hydrogens is 402 g/mol. The number of likely N-dealkylation sites (N-methyl/N-ethyl adjacent to an activating group) is 1. The lowest BCUT2D eigenvalue weighted by molar-refractivity contribution is -0.927. The van der Waals surface area contributed by atoms with E-state index in [2.05, 4.69) is 27.4 Å². The summed E-state index contributed by atoms with van der Waals surface area (Å²) in [5.41, 5.74) is 0.419. The minimum Gasteiger partial charge on any atom is -0.456 e. The highest BCUT2D eigenvalue weighted by Crippen LogP contribution is 2.12. The summed E-state index contributed by atoms with van der Waals surface area (Å²) in [6.07, 6.45) is 15.5. The van der Waals surface area contributed by atoms with Crippen LogP contribution < -0.4 is 0 Å². The van der Waals surface area contributed by atoms with Crippen molar-refractivity contribution in [1.82, 2.24) is 0 Å². The molecule has 0 aromatic carbocycles. The highest BCUT2D eigenvalue weighted by Gasteiger charge is 2.27. The monoisotopic (exact) mass is 456 g/mol. The van der Waals surface area contributed by atoms with E-state index >= 15 is 0 Å². The van der Waals surface area contributed by atoms with Crippen LogP contribution in [-0.2, 0) is 14.3 Å². The summed E-state index contributed by atoms with van der Waals surface area (Å²) in [6.45, 7) is 16.3. The number of quaternary nitrogens is 1. The zero-order valence-corrected chi connectivity index (χ0v) is 21.8. The van der Waals surface area contributed by atoms with Gasteiger partial charge in [0.25, 0.3) is 0 Å². The van der Waals surface area contributed by atoms with Crippen LogP contribution in [0.15, 0.2) is 12.2 Å². The number of ether oxygens (including phenoxy) is 2. The predicted octanol–water partition coefficient (Wildman–Crippen LogP) is 6.04. The molecule has 0 rings (SSSR count). The number of esters is 1. The molecule has 0 aliphatic carbocycles. The maximum absolute atomic E-state index is 11.6. The van der Waals surface area contributed by atoms with Crippen LogP contribution in [0, 0.1) is 0 Å². The van der Waals surface area contributed by atoms with E-state index in [1.807, 2.05) is 0 Å². The van der Waals surface area contributed by atoms with Gasteiger partial charge in [0.2, 0.25) is 0 Å². The summed E-state index contributed by atoms with van der Waals surface area (Å²) in [5, 5.41) is 10.5. The van der Waals surface area contributed by atoms with Crippen molar-refractivity contribution in [2.45, 2.75) is 111 Å². The second kappa shape index (κ2) is 20.7. The third-order valence-electron chi connectivity index (χ3n) is 6.54. The molecule has 32 heavy (non-hydrogen) atoms. The Morgan fingerprint density at radius 1 is 0.844 bits per heavy atom. The van der Waals surface area contributed by atoms with Crippen LogP contribution >= 0.6 is 0 Å². The van der Waals surface area contributed by atoms with Gasteiger partial charge in [-0.25, -0.2) is 4.79 Å². The van der Waals surface area contributed by atoms with Gasteiger partial charge in [-0.05, 0) is 27.2 Å². The van der Waals surface area contributed by atoms with Gasteiger partial charge in [0.05, 0.1) is 19.7 Å². The molecule has 0 aliphatic heterocycles. The number of carbonyl (C=O) groups excluding carboxylic acids is 1. The number of nitrogens with zero attached hydrogens (tertiary/aromatic N) is 1. The molecule has 1 atom stereocenters. The van der Waals surface area contributed by atoms with Gasteiger partial charge in [-0.1, -0.05) is 84.1 Å². The molecule has 0 aromatic rings. The molecule has 0 bridgehead atoms. The zero-order chi connectivity index (χ0) is 24.1. The van der Waals surface area contributed by atoms with Gasteiger partial charge in [-0.15, -0.1) is 0 Å². The van der Waals surface area contributed by atoms with Crippen molar-refractivity contribution in [3.63, 3.8) is 0 Å². The standard InChI is InChI=1S/C27H54NO4/c1-6-9-10-11-12-13-14-15-16-17-18-19-21-31-24-26(29)23-28(7-2,8-3)20-22-32-27(30)25(4)5/h26,29H,4,6-24H2,1-3,5H3/q+1. The number of hydrogen-bond acceptors (Lipinski definition) is 4. The van der Waals surface area contributed by atoms with E-state index in [1.165, 1.54) is 70.6 Å². The van der Waals surface area contributed by atoms with Crippen LogP contribution in [0.25, 0.3) is 0 Å². The molecular formula is C27H54NO4+. The van der Waals surface area contributed by atoms with Crippen LogP contribution in [0.1, 0.15) is 105 Å². The predicted molar refractivity (Wildman–Crippen MR) is 135 cm³/mol. The Balaban J connectivity index is 3.77. The van der Waals surface area contributed by atoms with E-state index in [4.69, 9.17) is 9.47 Å². The lowest BCUT2D eigenvalue weighted by Gasteiger charge is -2.38. The normalized spacial score (nSPS) is 12.7. The van der Waals surface area contributed by atoms with Gasteiger partial charge in [0.15, 0.2) is 0 Å². The molecule has 0 amide bonds. The van der Waals surface area contributed by atoms with Gasteiger partial charge in [-0.3, -0.25) is 0 Å². The number of unbranched alkanes of at least 4 members (excludes halogenated alkanes) is 11. The lowest BCUT2D eigenvalue weighted by atomic mass is 10.1.